The van der Waals surface area contributed by atoms with Gasteiger partial charge in [0.05, 0.1) is 13.7 Å². The number of carbonyl (C=O) groups excluding carboxylic acids is 3. The van der Waals surface area contributed by atoms with Crippen molar-refractivity contribution in [2.75, 3.05) is 27.2 Å². The zero-order valence-corrected chi connectivity index (χ0v) is 12.0. The molecule has 1 aromatic rings. The van der Waals surface area contributed by atoms with Crippen LogP contribution in [-0.4, -0.2) is 49.9 Å². The van der Waals surface area contributed by atoms with Crippen LogP contribution in [-0.2, 0) is 14.3 Å². The highest BCUT2D eigenvalue weighted by Gasteiger charge is 2.16. The van der Waals surface area contributed by atoms with Gasteiger partial charge in [-0.3, -0.25) is 14.4 Å². The number of hydrogen-bond donors (Lipinski definition) is 1. The summed E-state index contributed by atoms with van der Waals surface area (Å²) in [7, 11) is 2.67. The topological polar surface area (TPSA) is 88.9 Å². The van der Waals surface area contributed by atoms with Gasteiger partial charge in [-0.2, -0.15) is 0 Å². The Kier molecular flexibility index (Phi) is 5.56. The number of halogens is 1. The molecule has 0 aromatic carbocycles. The first kappa shape index (κ1) is 15.2. The summed E-state index contributed by atoms with van der Waals surface area (Å²) in [5, 5.41) is 2.39. The number of furan rings is 1. The number of carbonyl (C=O) groups is 3. The first-order valence-corrected chi connectivity index (χ1v) is 6.07. The van der Waals surface area contributed by atoms with Gasteiger partial charge in [-0.25, -0.2) is 0 Å². The van der Waals surface area contributed by atoms with E-state index in [-0.39, 0.29) is 18.8 Å². The Morgan fingerprint density at radius 3 is 2.63 bits per heavy atom. The number of nitrogens with one attached hydrogen (secondary N) is 1. The first-order valence-electron chi connectivity index (χ1n) is 5.28. The normalized spacial score (nSPS) is 9.84. The summed E-state index contributed by atoms with van der Waals surface area (Å²) in [6, 6.07) is 3.04. The van der Waals surface area contributed by atoms with Gasteiger partial charge in [0.15, 0.2) is 10.4 Å². The van der Waals surface area contributed by atoms with Crippen molar-refractivity contribution in [1.82, 2.24) is 10.2 Å². The molecule has 0 spiro atoms. The molecule has 19 heavy (non-hydrogen) atoms. The number of nitrogens with zero attached hydrogens (tertiary/aromatic N) is 1. The fraction of sp³-hybridized carbons (Fsp3) is 0.364. The fourth-order valence-electron chi connectivity index (χ4n) is 1.16. The molecule has 1 rings (SSSR count). The standard InChI is InChI=1S/C11H13BrN2O5/c1-14(6-10(16)18-2)9(15)5-13-11(17)7-3-4-8(12)19-7/h3-4H,5-6H2,1-2H3,(H,13,17). The summed E-state index contributed by atoms with van der Waals surface area (Å²) in [5.41, 5.74) is 0. The van der Waals surface area contributed by atoms with Gasteiger partial charge >= 0.3 is 5.97 Å². The van der Waals surface area contributed by atoms with Gasteiger partial charge < -0.3 is 19.4 Å². The van der Waals surface area contributed by atoms with Gasteiger partial charge in [0.25, 0.3) is 5.91 Å². The molecule has 0 bridgehead atoms. The second-order valence-electron chi connectivity index (χ2n) is 3.61. The molecule has 0 atom stereocenters. The molecular formula is C11H13BrN2O5. The summed E-state index contributed by atoms with van der Waals surface area (Å²) < 4.78 is 9.88. The molecule has 0 radical (unpaired) electrons. The molecule has 0 unspecified atom stereocenters. The zero-order chi connectivity index (χ0) is 14.4. The van der Waals surface area contributed by atoms with E-state index in [1.54, 1.807) is 6.07 Å². The number of hydrogen-bond acceptors (Lipinski definition) is 5. The van der Waals surface area contributed by atoms with Crippen LogP contribution in [0, 0.1) is 0 Å². The average molecular weight is 333 g/mol. The molecule has 0 saturated carbocycles. The van der Waals surface area contributed by atoms with E-state index in [1.807, 2.05) is 0 Å². The van der Waals surface area contributed by atoms with Crippen LogP contribution in [0.15, 0.2) is 21.2 Å². The minimum absolute atomic E-state index is 0.0929. The molecule has 0 fully saturated rings. The van der Waals surface area contributed by atoms with E-state index in [4.69, 9.17) is 4.42 Å². The third kappa shape index (κ3) is 4.74. The smallest absolute Gasteiger partial charge is 0.325 e. The van der Waals surface area contributed by atoms with Crippen LogP contribution in [0.1, 0.15) is 10.6 Å². The second kappa shape index (κ2) is 6.93. The van der Waals surface area contributed by atoms with Crippen molar-refractivity contribution in [3.05, 3.63) is 22.6 Å². The van der Waals surface area contributed by atoms with Crippen molar-refractivity contribution in [1.29, 1.82) is 0 Å². The lowest BCUT2D eigenvalue weighted by atomic mass is 10.4. The number of ether oxygens (including phenoxy) is 1. The maximum absolute atomic E-state index is 11.6. The Morgan fingerprint density at radius 2 is 2.11 bits per heavy atom. The number of esters is 1. The lowest BCUT2D eigenvalue weighted by Crippen LogP contribution is -2.40. The molecule has 0 aliphatic rings. The van der Waals surface area contributed by atoms with Crippen LogP contribution in [0.25, 0.3) is 0 Å². The third-order valence-electron chi connectivity index (χ3n) is 2.22. The predicted octanol–water partition coefficient (Wildman–Crippen LogP) is 0.403. The average Bonchev–Trinajstić information content (AvgIpc) is 2.81. The molecule has 0 aliphatic heterocycles. The largest absolute Gasteiger partial charge is 0.468 e. The van der Waals surface area contributed by atoms with Crippen molar-refractivity contribution in [2.45, 2.75) is 0 Å². The summed E-state index contributed by atoms with van der Waals surface area (Å²) >= 11 is 3.07. The van der Waals surface area contributed by atoms with E-state index in [0.29, 0.717) is 4.67 Å². The van der Waals surface area contributed by atoms with Crippen LogP contribution < -0.4 is 5.32 Å². The summed E-state index contributed by atoms with van der Waals surface area (Å²) in [6.45, 7) is -0.401. The molecule has 0 aliphatic carbocycles. The van der Waals surface area contributed by atoms with Crippen molar-refractivity contribution in [3.8, 4) is 0 Å². The molecule has 8 heteroatoms. The van der Waals surface area contributed by atoms with Gasteiger partial charge in [-0.05, 0) is 28.1 Å². The molecular weight excluding hydrogens is 320 g/mol. The molecule has 1 aromatic heterocycles. The molecule has 104 valence electrons. The Balaban J connectivity index is 2.41. The number of methoxy groups -OCH3 is 1. The highest BCUT2D eigenvalue weighted by Crippen LogP contribution is 2.13. The van der Waals surface area contributed by atoms with E-state index >= 15 is 0 Å². The highest BCUT2D eigenvalue weighted by atomic mass is 79.9. The van der Waals surface area contributed by atoms with Crippen molar-refractivity contribution < 1.29 is 23.5 Å². The Morgan fingerprint density at radius 1 is 1.42 bits per heavy atom. The Hall–Kier alpha value is -1.83. The molecule has 2 amide bonds. The number of likely N-dealkylation sites (N-methyl/N-ethyl adjacent to an activating group) is 1. The van der Waals surface area contributed by atoms with Crippen molar-refractivity contribution in [2.24, 2.45) is 0 Å². The van der Waals surface area contributed by atoms with E-state index in [0.717, 1.165) is 4.90 Å². The van der Waals surface area contributed by atoms with Gasteiger partial charge in [0, 0.05) is 7.05 Å². The Bertz CT molecular complexity index is 485. The van der Waals surface area contributed by atoms with Crippen LogP contribution in [0.2, 0.25) is 0 Å². The number of amides is 2. The number of rotatable bonds is 5. The van der Waals surface area contributed by atoms with E-state index in [9.17, 15) is 14.4 Å². The van der Waals surface area contributed by atoms with Gasteiger partial charge in [-0.15, -0.1) is 0 Å². The molecule has 7 nitrogen and oxygen atoms in total. The minimum Gasteiger partial charge on any atom is -0.468 e. The quantitative estimate of drug-likeness (QED) is 0.788. The van der Waals surface area contributed by atoms with Gasteiger partial charge in [0.2, 0.25) is 5.91 Å². The third-order valence-corrected chi connectivity index (χ3v) is 2.64. The summed E-state index contributed by atoms with van der Waals surface area (Å²) in [4.78, 5) is 35.3. The second-order valence-corrected chi connectivity index (χ2v) is 4.39. The lowest BCUT2D eigenvalue weighted by molar-refractivity contribution is -0.145. The van der Waals surface area contributed by atoms with Crippen LogP contribution >= 0.6 is 15.9 Å². The van der Waals surface area contributed by atoms with Crippen LogP contribution in [0.3, 0.4) is 0 Å². The highest BCUT2D eigenvalue weighted by molar-refractivity contribution is 9.10. The van der Waals surface area contributed by atoms with Crippen molar-refractivity contribution >= 4 is 33.7 Å². The van der Waals surface area contributed by atoms with Crippen LogP contribution in [0.5, 0.6) is 0 Å². The maximum atomic E-state index is 11.6. The maximum Gasteiger partial charge on any atom is 0.325 e. The SMILES string of the molecule is COC(=O)CN(C)C(=O)CNC(=O)c1ccc(Br)o1. The van der Waals surface area contributed by atoms with Gasteiger partial charge in [-0.1, -0.05) is 0 Å². The van der Waals surface area contributed by atoms with Crippen LogP contribution in [0.4, 0.5) is 0 Å². The van der Waals surface area contributed by atoms with E-state index in [1.165, 1.54) is 20.2 Å². The van der Waals surface area contributed by atoms with E-state index in [2.05, 4.69) is 26.0 Å². The summed E-state index contributed by atoms with van der Waals surface area (Å²) in [5.74, 6) is -1.36. The zero-order valence-electron chi connectivity index (χ0n) is 10.4. The Labute approximate surface area is 118 Å². The van der Waals surface area contributed by atoms with Crippen molar-refractivity contribution in [3.63, 3.8) is 0 Å². The van der Waals surface area contributed by atoms with Gasteiger partial charge in [0.1, 0.15) is 6.54 Å². The van der Waals surface area contributed by atoms with E-state index < -0.39 is 17.8 Å². The summed E-state index contributed by atoms with van der Waals surface area (Å²) in [6.07, 6.45) is 0. The monoisotopic (exact) mass is 332 g/mol. The molecule has 0 saturated heterocycles. The molecule has 1 N–H and O–H groups in total. The lowest BCUT2D eigenvalue weighted by Gasteiger charge is -2.15. The predicted molar refractivity (Wildman–Crippen MR) is 68.4 cm³/mol. The minimum atomic E-state index is -0.530. The first-order chi connectivity index (χ1) is 8.93. The molecule has 1 heterocycles. The fourth-order valence-corrected chi connectivity index (χ4v) is 1.47.